The Kier molecular flexibility index (Phi) is 5.48. The Hall–Kier alpha value is -1.73. The van der Waals surface area contributed by atoms with E-state index in [-0.39, 0.29) is 28.5 Å². The van der Waals surface area contributed by atoms with Crippen LogP contribution < -0.4 is 5.32 Å². The van der Waals surface area contributed by atoms with Crippen molar-refractivity contribution in [2.75, 3.05) is 13.1 Å². The van der Waals surface area contributed by atoms with Gasteiger partial charge in [-0.1, -0.05) is 12.1 Å². The van der Waals surface area contributed by atoms with Gasteiger partial charge in [0.25, 0.3) is 0 Å². The van der Waals surface area contributed by atoms with E-state index in [4.69, 9.17) is 0 Å². The lowest BCUT2D eigenvalue weighted by molar-refractivity contribution is -0.126. The second-order valence-corrected chi connectivity index (χ2v) is 9.33. The number of nitrogens with one attached hydrogen (secondary N) is 1. The summed E-state index contributed by atoms with van der Waals surface area (Å²) in [7, 11) is -3.59. The SMILES string of the molecule is CC(=O)c1ccc(S(=O)(=O)N2CCC(C(=O)N[C@H](C)C3CC3)CC2)cc1. The summed E-state index contributed by atoms with van der Waals surface area (Å²) < 4.78 is 27.0. The van der Waals surface area contributed by atoms with Gasteiger partial charge in [0.05, 0.1) is 4.90 Å². The summed E-state index contributed by atoms with van der Waals surface area (Å²) in [6.45, 7) is 4.17. The largest absolute Gasteiger partial charge is 0.353 e. The molecule has 0 bridgehead atoms. The Morgan fingerprint density at radius 3 is 2.15 bits per heavy atom. The summed E-state index contributed by atoms with van der Waals surface area (Å²) in [5.74, 6) is 0.439. The fourth-order valence-electron chi connectivity index (χ4n) is 3.43. The first kappa shape index (κ1) is 19.0. The van der Waals surface area contributed by atoms with Crippen molar-refractivity contribution in [1.82, 2.24) is 9.62 Å². The average Bonchev–Trinajstić information content (AvgIpc) is 3.47. The quantitative estimate of drug-likeness (QED) is 0.769. The van der Waals surface area contributed by atoms with Crippen LogP contribution in [0, 0.1) is 11.8 Å². The topological polar surface area (TPSA) is 83.6 Å². The molecule has 26 heavy (non-hydrogen) atoms. The Balaban J connectivity index is 1.59. The molecular weight excluding hydrogens is 352 g/mol. The molecule has 0 aromatic heterocycles. The van der Waals surface area contributed by atoms with Crippen molar-refractivity contribution < 1.29 is 18.0 Å². The molecular formula is C19H26N2O4S. The van der Waals surface area contributed by atoms with E-state index in [1.54, 1.807) is 0 Å². The van der Waals surface area contributed by atoms with E-state index < -0.39 is 10.0 Å². The van der Waals surface area contributed by atoms with Gasteiger partial charge in [-0.05, 0) is 57.6 Å². The maximum absolute atomic E-state index is 12.8. The zero-order valence-electron chi connectivity index (χ0n) is 15.3. The van der Waals surface area contributed by atoms with Crippen molar-refractivity contribution in [2.45, 2.75) is 50.5 Å². The lowest BCUT2D eigenvalue weighted by Gasteiger charge is -2.31. The van der Waals surface area contributed by atoms with Gasteiger partial charge in [0, 0.05) is 30.6 Å². The number of benzene rings is 1. The van der Waals surface area contributed by atoms with Gasteiger partial charge in [0.15, 0.2) is 5.78 Å². The number of rotatable bonds is 6. The molecule has 1 aliphatic carbocycles. The highest BCUT2D eigenvalue weighted by Crippen LogP contribution is 2.33. The van der Waals surface area contributed by atoms with Crippen LogP contribution in [0.25, 0.3) is 0 Å². The number of Topliss-reactive ketones (excluding diaryl/α,β-unsaturated/α-hetero) is 1. The van der Waals surface area contributed by atoms with E-state index in [9.17, 15) is 18.0 Å². The summed E-state index contributed by atoms with van der Waals surface area (Å²) in [6.07, 6.45) is 3.43. The zero-order valence-corrected chi connectivity index (χ0v) is 16.1. The minimum absolute atomic E-state index is 0.0484. The molecule has 1 aromatic carbocycles. The molecule has 6 nitrogen and oxygen atoms in total. The number of nitrogens with zero attached hydrogens (tertiary/aromatic N) is 1. The van der Waals surface area contributed by atoms with Crippen molar-refractivity contribution in [3.8, 4) is 0 Å². The van der Waals surface area contributed by atoms with Crippen LogP contribution >= 0.6 is 0 Å². The molecule has 1 N–H and O–H groups in total. The highest BCUT2D eigenvalue weighted by molar-refractivity contribution is 7.89. The third-order valence-corrected chi connectivity index (χ3v) is 7.34. The van der Waals surface area contributed by atoms with Crippen LogP contribution in [0.5, 0.6) is 0 Å². The summed E-state index contributed by atoms with van der Waals surface area (Å²) in [6, 6.07) is 6.23. The molecule has 0 radical (unpaired) electrons. The van der Waals surface area contributed by atoms with E-state index in [0.29, 0.717) is 37.4 Å². The smallest absolute Gasteiger partial charge is 0.243 e. The van der Waals surface area contributed by atoms with Crippen molar-refractivity contribution in [3.05, 3.63) is 29.8 Å². The third kappa shape index (κ3) is 4.15. The van der Waals surface area contributed by atoms with Crippen LogP contribution in [0.2, 0.25) is 0 Å². The Bertz CT molecular complexity index is 776. The predicted octanol–water partition coefficient (Wildman–Crippen LogP) is 2.20. The van der Waals surface area contributed by atoms with Crippen LogP contribution in [0.15, 0.2) is 29.2 Å². The number of carbonyl (C=O) groups excluding carboxylic acids is 2. The average molecular weight is 378 g/mol. The summed E-state index contributed by atoms with van der Waals surface area (Å²) >= 11 is 0. The molecule has 1 aromatic rings. The summed E-state index contributed by atoms with van der Waals surface area (Å²) in [5.41, 5.74) is 0.490. The Labute approximate surface area is 155 Å². The third-order valence-electron chi connectivity index (χ3n) is 5.42. The number of carbonyl (C=O) groups is 2. The number of amides is 1. The van der Waals surface area contributed by atoms with Crippen molar-refractivity contribution in [3.63, 3.8) is 0 Å². The first-order valence-electron chi connectivity index (χ1n) is 9.20. The molecule has 1 heterocycles. The zero-order chi connectivity index (χ0) is 18.9. The Morgan fingerprint density at radius 2 is 1.65 bits per heavy atom. The van der Waals surface area contributed by atoms with Gasteiger partial charge in [-0.2, -0.15) is 4.31 Å². The molecule has 0 spiro atoms. The second-order valence-electron chi connectivity index (χ2n) is 7.39. The fourth-order valence-corrected chi connectivity index (χ4v) is 4.90. The molecule has 1 amide bonds. The highest BCUT2D eigenvalue weighted by Gasteiger charge is 2.34. The Morgan fingerprint density at radius 1 is 1.08 bits per heavy atom. The molecule has 1 atom stereocenters. The van der Waals surface area contributed by atoms with Crippen LogP contribution in [0.1, 0.15) is 49.9 Å². The standard InChI is InChI=1S/C19H26N2O4S/c1-13(15-3-4-15)20-19(23)17-9-11-21(12-10-17)26(24,25)18-7-5-16(6-8-18)14(2)22/h5-8,13,15,17H,3-4,9-12H2,1-2H3,(H,20,23)/t13-/m1/s1. The van der Waals surface area contributed by atoms with Gasteiger partial charge >= 0.3 is 0 Å². The molecule has 1 aliphatic heterocycles. The maximum Gasteiger partial charge on any atom is 0.243 e. The number of hydrogen-bond acceptors (Lipinski definition) is 4. The number of hydrogen-bond donors (Lipinski definition) is 1. The molecule has 1 saturated heterocycles. The van der Waals surface area contributed by atoms with Crippen LogP contribution in [0.3, 0.4) is 0 Å². The van der Waals surface area contributed by atoms with Crippen molar-refractivity contribution >= 4 is 21.7 Å². The van der Waals surface area contributed by atoms with Gasteiger partial charge < -0.3 is 5.32 Å². The lowest BCUT2D eigenvalue weighted by Crippen LogP contribution is -2.45. The minimum Gasteiger partial charge on any atom is -0.353 e. The highest BCUT2D eigenvalue weighted by atomic mass is 32.2. The first-order chi connectivity index (χ1) is 12.3. The van der Waals surface area contributed by atoms with Crippen LogP contribution in [-0.4, -0.2) is 43.5 Å². The summed E-state index contributed by atoms with van der Waals surface area (Å²) in [4.78, 5) is 23.9. The minimum atomic E-state index is -3.59. The normalized spacial score (nSPS) is 20.5. The van der Waals surface area contributed by atoms with E-state index in [1.807, 2.05) is 6.92 Å². The van der Waals surface area contributed by atoms with E-state index in [1.165, 1.54) is 48.3 Å². The van der Waals surface area contributed by atoms with Gasteiger partial charge in [-0.15, -0.1) is 0 Å². The molecule has 3 rings (SSSR count). The van der Waals surface area contributed by atoms with Gasteiger partial charge in [0.2, 0.25) is 15.9 Å². The van der Waals surface area contributed by atoms with Crippen LogP contribution in [-0.2, 0) is 14.8 Å². The molecule has 2 aliphatic rings. The maximum atomic E-state index is 12.8. The van der Waals surface area contributed by atoms with E-state index in [0.717, 1.165) is 0 Å². The number of piperidine rings is 1. The van der Waals surface area contributed by atoms with Gasteiger partial charge in [-0.3, -0.25) is 9.59 Å². The van der Waals surface area contributed by atoms with Crippen LogP contribution in [0.4, 0.5) is 0 Å². The van der Waals surface area contributed by atoms with Crippen molar-refractivity contribution in [2.24, 2.45) is 11.8 Å². The first-order valence-corrected chi connectivity index (χ1v) is 10.6. The predicted molar refractivity (Wildman–Crippen MR) is 98.3 cm³/mol. The molecule has 7 heteroatoms. The van der Waals surface area contributed by atoms with Crippen molar-refractivity contribution in [1.29, 1.82) is 0 Å². The molecule has 2 fully saturated rings. The summed E-state index contributed by atoms with van der Waals surface area (Å²) in [5, 5.41) is 3.07. The fraction of sp³-hybridized carbons (Fsp3) is 0.579. The number of sulfonamides is 1. The monoisotopic (exact) mass is 378 g/mol. The number of ketones is 1. The molecule has 142 valence electrons. The van der Waals surface area contributed by atoms with E-state index in [2.05, 4.69) is 5.32 Å². The van der Waals surface area contributed by atoms with E-state index >= 15 is 0 Å². The van der Waals surface area contributed by atoms with Gasteiger partial charge in [0.1, 0.15) is 0 Å². The molecule has 0 unspecified atom stereocenters. The molecule has 1 saturated carbocycles. The lowest BCUT2D eigenvalue weighted by atomic mass is 9.96. The second kappa shape index (κ2) is 7.48. The van der Waals surface area contributed by atoms with Gasteiger partial charge in [-0.25, -0.2) is 8.42 Å².